The molecule has 1 atom stereocenters. The summed E-state index contributed by atoms with van der Waals surface area (Å²) in [4.78, 5) is 47.3. The largest absolute Gasteiger partial charge is 0.496 e. The van der Waals surface area contributed by atoms with Crippen molar-refractivity contribution in [2.24, 2.45) is 0 Å². The third-order valence-corrected chi connectivity index (χ3v) is 7.26. The van der Waals surface area contributed by atoms with Crippen molar-refractivity contribution in [1.29, 1.82) is 0 Å². The SMILES string of the molecule is COC(=O)c1ccc([C@H]2SCC(=O)N2c2ccc(N3CCN(C(=O)OC(C)(C)C)CC3)cn2)c(OC)c1. The monoisotopic (exact) mass is 528 g/mol. The van der Waals surface area contributed by atoms with E-state index >= 15 is 0 Å². The normalized spacial score (nSPS) is 18.1. The van der Waals surface area contributed by atoms with Crippen LogP contribution >= 0.6 is 11.8 Å². The molecule has 0 unspecified atom stereocenters. The lowest BCUT2D eigenvalue weighted by molar-refractivity contribution is -0.115. The van der Waals surface area contributed by atoms with E-state index in [-0.39, 0.29) is 17.4 Å². The summed E-state index contributed by atoms with van der Waals surface area (Å²) in [5.41, 5.74) is 1.54. The van der Waals surface area contributed by atoms with Crippen LogP contribution in [0, 0.1) is 0 Å². The number of rotatable bonds is 5. The minimum absolute atomic E-state index is 0.0553. The number of hydrogen-bond donors (Lipinski definition) is 0. The maximum atomic E-state index is 12.9. The van der Waals surface area contributed by atoms with Crippen LogP contribution in [0.3, 0.4) is 0 Å². The number of carbonyl (C=O) groups is 3. The van der Waals surface area contributed by atoms with Gasteiger partial charge in [0, 0.05) is 31.7 Å². The number of carbonyl (C=O) groups excluding carboxylic acids is 3. The average molecular weight is 529 g/mol. The highest BCUT2D eigenvalue weighted by Gasteiger charge is 2.37. The van der Waals surface area contributed by atoms with Crippen molar-refractivity contribution in [3.05, 3.63) is 47.7 Å². The molecule has 2 fully saturated rings. The van der Waals surface area contributed by atoms with Crippen molar-refractivity contribution < 1.29 is 28.6 Å². The first-order valence-corrected chi connectivity index (χ1v) is 13.0. The Morgan fingerprint density at radius 1 is 1.05 bits per heavy atom. The highest BCUT2D eigenvalue weighted by molar-refractivity contribution is 8.00. The highest BCUT2D eigenvalue weighted by atomic mass is 32.2. The van der Waals surface area contributed by atoms with E-state index in [0.717, 1.165) is 11.3 Å². The Balaban J connectivity index is 1.47. The summed E-state index contributed by atoms with van der Waals surface area (Å²) < 4.78 is 15.8. The van der Waals surface area contributed by atoms with Crippen molar-refractivity contribution in [2.45, 2.75) is 31.7 Å². The van der Waals surface area contributed by atoms with Crippen LogP contribution < -0.4 is 14.5 Å². The summed E-state index contributed by atoms with van der Waals surface area (Å²) in [5, 5.41) is -0.343. The second kappa shape index (κ2) is 10.9. The molecule has 10 nitrogen and oxygen atoms in total. The van der Waals surface area contributed by atoms with E-state index in [4.69, 9.17) is 14.2 Å². The zero-order valence-electron chi connectivity index (χ0n) is 21.7. The van der Waals surface area contributed by atoms with Gasteiger partial charge in [0.05, 0.1) is 37.4 Å². The number of benzene rings is 1. The molecule has 2 aliphatic heterocycles. The van der Waals surface area contributed by atoms with Crippen LogP contribution in [-0.2, 0) is 14.3 Å². The molecule has 2 saturated heterocycles. The quantitative estimate of drug-likeness (QED) is 0.538. The van der Waals surface area contributed by atoms with Gasteiger partial charge in [0.2, 0.25) is 5.91 Å². The van der Waals surface area contributed by atoms with E-state index in [1.807, 2.05) is 32.9 Å². The number of ether oxygens (including phenoxy) is 3. The standard InChI is InChI=1S/C26H32N4O6S/c1-26(2,3)36-25(33)29-12-10-28(11-13-29)18-7-9-21(27-15-18)30-22(31)16-37-23(30)19-8-6-17(24(32)35-5)14-20(19)34-4/h6-9,14-15,23H,10-13,16H2,1-5H3/t23-/m1/s1. The number of nitrogens with zero attached hydrogens (tertiary/aromatic N) is 4. The minimum Gasteiger partial charge on any atom is -0.496 e. The van der Waals surface area contributed by atoms with Gasteiger partial charge in [-0.05, 0) is 45.0 Å². The van der Waals surface area contributed by atoms with Crippen LogP contribution in [0.25, 0.3) is 0 Å². The number of amides is 2. The zero-order valence-corrected chi connectivity index (χ0v) is 22.5. The highest BCUT2D eigenvalue weighted by Crippen LogP contribution is 2.44. The Hall–Kier alpha value is -3.47. The molecular weight excluding hydrogens is 496 g/mol. The molecule has 2 aromatic rings. The van der Waals surface area contributed by atoms with Crippen molar-refractivity contribution in [3.63, 3.8) is 0 Å². The molecule has 0 aliphatic carbocycles. The maximum Gasteiger partial charge on any atom is 0.410 e. The molecule has 0 spiro atoms. The molecule has 2 amide bonds. The summed E-state index contributed by atoms with van der Waals surface area (Å²) >= 11 is 1.48. The van der Waals surface area contributed by atoms with E-state index in [0.29, 0.717) is 49.1 Å². The summed E-state index contributed by atoms with van der Waals surface area (Å²) in [6.45, 7) is 8.00. The number of anilines is 2. The van der Waals surface area contributed by atoms with Crippen molar-refractivity contribution in [3.8, 4) is 5.75 Å². The van der Waals surface area contributed by atoms with E-state index in [1.54, 1.807) is 34.2 Å². The Labute approximate surface area is 220 Å². The summed E-state index contributed by atoms with van der Waals surface area (Å²) in [6, 6.07) is 8.85. The van der Waals surface area contributed by atoms with Gasteiger partial charge in [0.25, 0.3) is 0 Å². The number of pyridine rings is 1. The Morgan fingerprint density at radius 3 is 2.38 bits per heavy atom. The van der Waals surface area contributed by atoms with Crippen LogP contribution in [0.5, 0.6) is 5.75 Å². The smallest absolute Gasteiger partial charge is 0.410 e. The first-order chi connectivity index (χ1) is 17.6. The molecule has 1 aromatic carbocycles. The molecular formula is C26H32N4O6S. The molecule has 4 rings (SSSR count). The molecule has 0 radical (unpaired) electrons. The molecule has 3 heterocycles. The number of hydrogen-bond acceptors (Lipinski definition) is 9. The third-order valence-electron chi connectivity index (χ3n) is 6.06. The molecule has 37 heavy (non-hydrogen) atoms. The topological polar surface area (TPSA) is 102 Å². The molecule has 11 heteroatoms. The Bertz CT molecular complexity index is 1160. The zero-order chi connectivity index (χ0) is 26.7. The van der Waals surface area contributed by atoms with Gasteiger partial charge in [-0.3, -0.25) is 9.69 Å². The summed E-state index contributed by atoms with van der Waals surface area (Å²) in [7, 11) is 2.85. The molecule has 0 bridgehead atoms. The maximum absolute atomic E-state index is 12.9. The van der Waals surface area contributed by atoms with Crippen LogP contribution in [0.1, 0.15) is 42.1 Å². The van der Waals surface area contributed by atoms with Gasteiger partial charge in [-0.25, -0.2) is 14.6 Å². The molecule has 2 aliphatic rings. The van der Waals surface area contributed by atoms with Gasteiger partial charge in [0.15, 0.2) is 0 Å². The number of piperazine rings is 1. The molecule has 0 N–H and O–H groups in total. The number of thioether (sulfide) groups is 1. The Kier molecular flexibility index (Phi) is 7.82. The first-order valence-electron chi connectivity index (χ1n) is 12.0. The van der Waals surface area contributed by atoms with Crippen LogP contribution in [0.4, 0.5) is 16.3 Å². The van der Waals surface area contributed by atoms with Crippen molar-refractivity contribution in [1.82, 2.24) is 9.88 Å². The van der Waals surface area contributed by atoms with Crippen LogP contribution in [0.15, 0.2) is 36.5 Å². The first kappa shape index (κ1) is 26.6. The molecule has 0 saturated carbocycles. The van der Waals surface area contributed by atoms with E-state index in [1.165, 1.54) is 26.0 Å². The van der Waals surface area contributed by atoms with Gasteiger partial charge in [-0.15, -0.1) is 11.8 Å². The van der Waals surface area contributed by atoms with Gasteiger partial charge in [0.1, 0.15) is 22.5 Å². The fourth-order valence-corrected chi connectivity index (χ4v) is 5.43. The fourth-order valence-electron chi connectivity index (χ4n) is 4.24. The number of methoxy groups -OCH3 is 2. The predicted octanol–water partition coefficient (Wildman–Crippen LogP) is 3.71. The summed E-state index contributed by atoms with van der Waals surface area (Å²) in [6.07, 6.45) is 1.45. The van der Waals surface area contributed by atoms with Crippen LogP contribution in [-0.4, -0.2) is 79.6 Å². The van der Waals surface area contributed by atoms with Gasteiger partial charge in [-0.1, -0.05) is 6.07 Å². The predicted molar refractivity (Wildman–Crippen MR) is 141 cm³/mol. The van der Waals surface area contributed by atoms with Crippen molar-refractivity contribution in [2.75, 3.05) is 56.0 Å². The van der Waals surface area contributed by atoms with Gasteiger partial charge < -0.3 is 24.0 Å². The number of aromatic nitrogens is 1. The summed E-state index contributed by atoms with van der Waals surface area (Å²) in [5.74, 6) is 0.832. The van der Waals surface area contributed by atoms with Crippen LogP contribution in [0.2, 0.25) is 0 Å². The van der Waals surface area contributed by atoms with Gasteiger partial charge >= 0.3 is 12.1 Å². The van der Waals surface area contributed by atoms with E-state index in [9.17, 15) is 14.4 Å². The van der Waals surface area contributed by atoms with E-state index in [2.05, 4.69) is 9.88 Å². The fraction of sp³-hybridized carbons (Fsp3) is 0.462. The lowest BCUT2D eigenvalue weighted by Gasteiger charge is -2.36. The molecule has 1 aromatic heterocycles. The molecule has 198 valence electrons. The van der Waals surface area contributed by atoms with E-state index < -0.39 is 11.6 Å². The second-order valence-electron chi connectivity index (χ2n) is 9.70. The second-order valence-corrected chi connectivity index (χ2v) is 10.8. The van der Waals surface area contributed by atoms with Gasteiger partial charge in [-0.2, -0.15) is 0 Å². The number of esters is 1. The third kappa shape index (κ3) is 5.93. The Morgan fingerprint density at radius 2 is 1.78 bits per heavy atom. The average Bonchev–Trinajstić information content (AvgIpc) is 3.28. The lowest BCUT2D eigenvalue weighted by atomic mass is 10.1. The lowest BCUT2D eigenvalue weighted by Crippen LogP contribution is -2.50. The minimum atomic E-state index is -0.523. The van der Waals surface area contributed by atoms with Crippen molar-refractivity contribution >= 4 is 41.2 Å².